The standard InChI is InChI=1S/C16H23N.C15H22N2.C15H20O.C15H20S.C14H20N2.C14H19NO.C14H19NS.C13H17NO.C13H17NS/c1-9(2)15-8-14-12(5)10(3)11(4)13(6)16(14)17(15)7;1-8(2)15-16-13-11(5)9(3)10(4)12(6)14(13)17(15)7;2*1-8(2)14-7-13-11(5)9(3)10(4)12(6)15(13)16-14;1-8(2)13-7-12-10(4)9(3)11(5)15-14(12)16(13)6;2*1-7(2)14-15-12-10(5)8(3)9(4)11(6)13(12)16-14;2*1-7(2)12-6-11-9(4)8(3)10(5)14-13(11)15-12/h8-9H,1-7H3;8H,1-7H3;3*7-8H,1-6H3;2*7H,1-6H3;2*6-7H,1-5H3. The van der Waals surface area contributed by atoms with E-state index in [4.69, 9.17) is 28.2 Å². The van der Waals surface area contributed by atoms with Crippen molar-refractivity contribution < 1.29 is 13.3 Å². The van der Waals surface area contributed by atoms with Gasteiger partial charge in [-0.15, -0.1) is 34.0 Å². The van der Waals surface area contributed by atoms with Crippen LogP contribution in [0.15, 0.2) is 49.6 Å². The van der Waals surface area contributed by atoms with Gasteiger partial charge in [0.2, 0.25) is 5.71 Å². The van der Waals surface area contributed by atoms with E-state index in [-0.39, 0.29) is 0 Å². The third-order valence-electron chi connectivity index (χ3n) is 32.7. The molecule has 18 rings (SSSR count). The Morgan fingerprint density at radius 3 is 1.12 bits per heavy atom. The first-order valence-corrected chi connectivity index (χ1v) is 55.2. The lowest BCUT2D eigenvalue weighted by molar-refractivity contribution is 0.500. The zero-order chi connectivity index (χ0) is 108. The second-order valence-corrected chi connectivity index (χ2v) is 47.9. The van der Waals surface area contributed by atoms with Crippen molar-refractivity contribution in [1.29, 1.82) is 0 Å². The minimum Gasteiger partial charge on any atom is -0.461 e. The molecule has 12 aromatic heterocycles. The van der Waals surface area contributed by atoms with Crippen LogP contribution in [-0.4, -0.2) is 43.6 Å². The molecule has 0 unspecified atom stereocenters. The van der Waals surface area contributed by atoms with Gasteiger partial charge >= 0.3 is 0 Å². The molecule has 0 radical (unpaired) electrons. The number of furan rings is 2. The first-order chi connectivity index (χ1) is 66.9. The highest BCUT2D eigenvalue weighted by Crippen LogP contribution is 2.44. The van der Waals surface area contributed by atoms with Gasteiger partial charge in [0.15, 0.2) is 11.5 Å². The topological polar surface area (TPSA) is 132 Å². The number of benzene rings is 6. The van der Waals surface area contributed by atoms with E-state index in [1.807, 2.05) is 40.9 Å². The van der Waals surface area contributed by atoms with Crippen molar-refractivity contribution in [2.24, 2.45) is 21.1 Å². The van der Waals surface area contributed by atoms with Gasteiger partial charge in [-0.2, -0.15) is 0 Å². The van der Waals surface area contributed by atoms with E-state index in [9.17, 15) is 0 Å². The first-order valence-electron chi connectivity index (χ1n) is 52.8. The summed E-state index contributed by atoms with van der Waals surface area (Å²) in [5.74, 6) is 8.67. The largest absolute Gasteiger partial charge is 0.461 e. The summed E-state index contributed by atoms with van der Waals surface area (Å²) in [6.07, 6.45) is 0. The lowest BCUT2D eigenvalue weighted by Crippen LogP contribution is -2.01. The summed E-state index contributed by atoms with van der Waals surface area (Å²) in [7, 11) is 6.43. The van der Waals surface area contributed by atoms with E-state index in [1.165, 1.54) is 262 Å². The molecule has 144 heavy (non-hydrogen) atoms. The van der Waals surface area contributed by atoms with Gasteiger partial charge in [-0.3, -0.25) is 0 Å². The molecule has 0 aliphatic heterocycles. The molecular weight excluding hydrogens is 1820 g/mol. The van der Waals surface area contributed by atoms with E-state index >= 15 is 0 Å². The summed E-state index contributed by atoms with van der Waals surface area (Å²) in [5.41, 5.74) is 57.3. The van der Waals surface area contributed by atoms with Crippen LogP contribution < -0.4 is 0 Å². The van der Waals surface area contributed by atoms with Gasteiger partial charge in [0.1, 0.15) is 38.9 Å². The van der Waals surface area contributed by atoms with Crippen molar-refractivity contribution in [2.45, 2.75) is 406 Å². The Balaban J connectivity index is 0.000000166. The number of thiazole rings is 1. The maximum absolute atomic E-state index is 5.98. The van der Waals surface area contributed by atoms with Crippen molar-refractivity contribution in [2.75, 3.05) is 0 Å². The molecule has 0 aliphatic carbocycles. The molecule has 0 atom stereocenters. The van der Waals surface area contributed by atoms with Gasteiger partial charge in [0.05, 0.1) is 31.8 Å². The molecule has 0 amide bonds. The van der Waals surface area contributed by atoms with Crippen LogP contribution in [0.5, 0.6) is 0 Å². The molecule has 0 saturated carbocycles. The summed E-state index contributed by atoms with van der Waals surface area (Å²) in [6.45, 7) is 112. The van der Waals surface area contributed by atoms with Crippen LogP contribution in [0, 0.1) is 228 Å². The smallest absolute Gasteiger partial charge is 0.226 e. The van der Waals surface area contributed by atoms with Crippen LogP contribution in [0.1, 0.15) is 411 Å². The van der Waals surface area contributed by atoms with Crippen molar-refractivity contribution in [3.05, 3.63) is 270 Å². The summed E-state index contributed by atoms with van der Waals surface area (Å²) in [5, 5.41) is 9.23. The molecule has 18 aromatic rings. The molecule has 0 N–H and O–H groups in total. The number of hydrogen-bond donors (Lipinski definition) is 0. The number of aryl methyl sites for hydroxylation is 21. The average molecular weight is 2000 g/mol. The normalized spacial score (nSPS) is 11.7. The van der Waals surface area contributed by atoms with Crippen LogP contribution in [0.4, 0.5) is 0 Å². The van der Waals surface area contributed by atoms with E-state index in [1.54, 1.807) is 0 Å². The Morgan fingerprint density at radius 2 is 0.618 bits per heavy atom. The average Bonchev–Trinajstić information content (AvgIpc) is 1.71. The van der Waals surface area contributed by atoms with Crippen molar-refractivity contribution in [1.82, 2.24) is 43.6 Å². The third kappa shape index (κ3) is 22.9. The zero-order valence-corrected chi connectivity index (χ0v) is 102. The van der Waals surface area contributed by atoms with E-state index in [0.29, 0.717) is 53.3 Å². The van der Waals surface area contributed by atoms with Crippen LogP contribution in [-0.2, 0) is 21.1 Å². The molecular formula is C129H177N9O3S3. The quantitative estimate of drug-likeness (QED) is 0.139. The van der Waals surface area contributed by atoms with Crippen molar-refractivity contribution >= 4 is 131 Å². The number of aromatic nitrogens is 9. The SMILES string of the molecule is Cc1c(C)c(C)c2c(cc(C(C)C)n2C)c1C.Cc1c(C)c(C)c2c(nc(C(C)C)n2C)c1C.Cc1c(C)c(C)c2oc(C(C)C)cc2c1C.Cc1c(C)c(C)c2oc(C(C)C)nc2c1C.Cc1c(C)c(C)c2sc(C(C)C)cc2c1C.Cc1c(C)c(C)c2sc(C(C)C)nc2c1C.Cc1nc2c(cc(C(C)C)n2C)c(C)c1C.Cc1nc2oc(C(C)C)cc2c(C)c1C.Cc1nc2sc(C(C)C)cc2c(C)c1C. The highest BCUT2D eigenvalue weighted by Gasteiger charge is 2.26. The Morgan fingerprint density at radius 1 is 0.229 bits per heavy atom. The van der Waals surface area contributed by atoms with E-state index < -0.39 is 0 Å². The van der Waals surface area contributed by atoms with Gasteiger partial charge in [-0.05, 0) is 461 Å². The number of pyridine rings is 3. The summed E-state index contributed by atoms with van der Waals surface area (Å²) < 4.78 is 27.3. The fourth-order valence-electron chi connectivity index (χ4n) is 19.7. The summed E-state index contributed by atoms with van der Waals surface area (Å²) in [4.78, 5) is 32.2. The predicted molar refractivity (Wildman–Crippen MR) is 633 cm³/mol. The van der Waals surface area contributed by atoms with E-state index in [0.717, 1.165) is 67.9 Å². The maximum atomic E-state index is 5.98. The summed E-state index contributed by atoms with van der Waals surface area (Å²) in [6, 6.07) is 13.7. The predicted octanol–water partition coefficient (Wildman–Crippen LogP) is 39.2. The van der Waals surface area contributed by atoms with Gasteiger partial charge < -0.3 is 27.0 Å². The molecule has 0 fully saturated rings. The third-order valence-corrected chi connectivity index (χ3v) is 37.0. The minimum atomic E-state index is 0.340. The lowest BCUT2D eigenvalue weighted by atomic mass is 9.95. The highest BCUT2D eigenvalue weighted by atomic mass is 32.1. The maximum Gasteiger partial charge on any atom is 0.226 e. The molecule has 0 aliphatic rings. The molecule has 15 heteroatoms. The zero-order valence-electron chi connectivity index (χ0n) is 99.1. The first kappa shape index (κ1) is 116. The van der Waals surface area contributed by atoms with Crippen molar-refractivity contribution in [3.8, 4) is 0 Å². The van der Waals surface area contributed by atoms with Crippen LogP contribution in [0.2, 0.25) is 0 Å². The second kappa shape index (κ2) is 46.0. The number of fused-ring (bicyclic) bond motifs is 9. The summed E-state index contributed by atoms with van der Waals surface area (Å²) >= 11 is 5.66. The Kier molecular flexibility index (Phi) is 36.9. The van der Waals surface area contributed by atoms with Crippen LogP contribution in [0.3, 0.4) is 0 Å². The molecule has 6 aromatic carbocycles. The fourth-order valence-corrected chi connectivity index (χ4v) is 23.3. The molecule has 12 heterocycles. The number of imidazole rings is 1. The molecule has 12 nitrogen and oxygen atoms in total. The van der Waals surface area contributed by atoms with Gasteiger partial charge in [0.25, 0.3) is 0 Å². The molecule has 0 spiro atoms. The van der Waals surface area contributed by atoms with Crippen LogP contribution in [0.25, 0.3) is 96.7 Å². The highest BCUT2D eigenvalue weighted by molar-refractivity contribution is 7.19. The Labute approximate surface area is 878 Å². The number of oxazole rings is 1. The molecule has 774 valence electrons. The number of rotatable bonds is 9. The number of hydrogen-bond acceptors (Lipinski definition) is 12. The number of thiophene rings is 2. The lowest BCUT2D eigenvalue weighted by Gasteiger charge is -2.13. The van der Waals surface area contributed by atoms with Gasteiger partial charge in [0, 0.05) is 121 Å². The van der Waals surface area contributed by atoms with E-state index in [2.05, 4.69) is 432 Å². The fraction of sp³-hybridized carbons (Fsp3) is 0.488. The monoisotopic (exact) mass is 2000 g/mol. The molecule has 0 bridgehead atoms. The number of nitrogens with zero attached hydrogens (tertiary/aromatic N) is 9. The second-order valence-electron chi connectivity index (χ2n) is 44.7. The van der Waals surface area contributed by atoms with Gasteiger partial charge in [-0.1, -0.05) is 125 Å². The Hall–Kier alpha value is -10.3. The molecule has 0 saturated heterocycles. The van der Waals surface area contributed by atoms with Crippen LogP contribution >= 0.6 is 34.0 Å². The van der Waals surface area contributed by atoms with Gasteiger partial charge in [-0.25, -0.2) is 29.9 Å². The van der Waals surface area contributed by atoms with Crippen molar-refractivity contribution in [3.63, 3.8) is 0 Å². The Bertz CT molecular complexity index is 7040. The minimum absolute atomic E-state index is 0.340.